The normalized spacial score (nSPS) is 11.3. The fourth-order valence-corrected chi connectivity index (χ4v) is 1.75. The van der Waals surface area contributed by atoms with Gasteiger partial charge in [0, 0.05) is 6.08 Å². The highest BCUT2D eigenvalue weighted by Crippen LogP contribution is 2.20. The van der Waals surface area contributed by atoms with Crippen molar-refractivity contribution in [2.24, 2.45) is 0 Å². The van der Waals surface area contributed by atoms with Gasteiger partial charge in [-0.15, -0.1) is 0 Å². The zero-order valence-electron chi connectivity index (χ0n) is 10.0. The minimum absolute atomic E-state index is 0.116. The van der Waals surface area contributed by atoms with Crippen LogP contribution >= 0.6 is 0 Å². The van der Waals surface area contributed by atoms with Crippen LogP contribution in [0.2, 0.25) is 0 Å². The van der Waals surface area contributed by atoms with Crippen LogP contribution in [-0.2, 0) is 0 Å². The fourth-order valence-electron chi connectivity index (χ4n) is 1.75. The van der Waals surface area contributed by atoms with Gasteiger partial charge in [-0.2, -0.15) is 0 Å². The van der Waals surface area contributed by atoms with Crippen molar-refractivity contribution >= 4 is 11.8 Å². The maximum absolute atomic E-state index is 11.2. The van der Waals surface area contributed by atoms with Crippen molar-refractivity contribution in [3.8, 4) is 0 Å². The van der Waals surface area contributed by atoms with Gasteiger partial charge in [0.2, 0.25) is 0 Å². The fraction of sp³-hybridized carbons (Fsp3) is 0.0667. The summed E-state index contributed by atoms with van der Waals surface area (Å²) >= 11 is 0. The monoisotopic (exact) mass is 239 g/mol. The third-order valence-corrected chi connectivity index (χ3v) is 2.75. The molecule has 0 N–H and O–H groups in total. The van der Waals surface area contributed by atoms with Gasteiger partial charge in [0.25, 0.3) is 5.70 Å². The summed E-state index contributed by atoms with van der Waals surface area (Å²) in [6.07, 6.45) is 1.62. The average Bonchev–Trinajstić information content (AvgIpc) is 2.38. The summed E-state index contributed by atoms with van der Waals surface area (Å²) in [4.78, 5) is 10.8. The van der Waals surface area contributed by atoms with E-state index in [1.54, 1.807) is 30.3 Å². The van der Waals surface area contributed by atoms with E-state index in [-0.39, 0.29) is 10.6 Å². The Kier molecular flexibility index (Phi) is 3.53. The molecule has 0 atom stereocenters. The van der Waals surface area contributed by atoms with E-state index in [1.807, 2.05) is 37.3 Å². The van der Waals surface area contributed by atoms with E-state index in [2.05, 4.69) is 0 Å². The number of hydrogen-bond acceptors (Lipinski definition) is 2. The summed E-state index contributed by atoms with van der Waals surface area (Å²) in [5.41, 5.74) is 2.62. The number of rotatable bonds is 3. The van der Waals surface area contributed by atoms with Crippen LogP contribution in [0.25, 0.3) is 11.8 Å². The standard InChI is InChI=1S/C15H13NO2/c1-12-7-5-6-10-14(12)11-15(16(17)18)13-8-3-2-4-9-13/h2-11H,1H3. The minimum Gasteiger partial charge on any atom is -0.258 e. The van der Waals surface area contributed by atoms with E-state index in [0.29, 0.717) is 5.56 Å². The molecule has 2 aromatic rings. The van der Waals surface area contributed by atoms with Crippen LogP contribution in [0.1, 0.15) is 16.7 Å². The van der Waals surface area contributed by atoms with Gasteiger partial charge in [-0.1, -0.05) is 42.5 Å². The summed E-state index contributed by atoms with van der Waals surface area (Å²) in [5.74, 6) is 0. The van der Waals surface area contributed by atoms with Gasteiger partial charge in [-0.3, -0.25) is 10.1 Å². The molecule has 0 aromatic heterocycles. The van der Waals surface area contributed by atoms with Gasteiger partial charge >= 0.3 is 0 Å². The zero-order chi connectivity index (χ0) is 13.0. The number of aryl methyl sites for hydroxylation is 1. The van der Waals surface area contributed by atoms with E-state index in [0.717, 1.165) is 11.1 Å². The largest absolute Gasteiger partial charge is 0.277 e. The molecule has 3 heteroatoms. The third-order valence-electron chi connectivity index (χ3n) is 2.75. The van der Waals surface area contributed by atoms with Crippen LogP contribution in [0.15, 0.2) is 54.6 Å². The van der Waals surface area contributed by atoms with Gasteiger partial charge in [0.1, 0.15) is 0 Å². The van der Waals surface area contributed by atoms with Crippen molar-refractivity contribution < 1.29 is 4.92 Å². The topological polar surface area (TPSA) is 43.1 Å². The Morgan fingerprint density at radius 2 is 1.67 bits per heavy atom. The predicted molar refractivity (Wildman–Crippen MR) is 72.5 cm³/mol. The molecule has 0 saturated heterocycles. The lowest BCUT2D eigenvalue weighted by atomic mass is 10.1. The van der Waals surface area contributed by atoms with Gasteiger partial charge in [-0.05, 0) is 30.2 Å². The SMILES string of the molecule is Cc1ccccc1C=C(c1ccccc1)[N+](=O)[O-]. The van der Waals surface area contributed by atoms with Gasteiger partial charge in [-0.25, -0.2) is 0 Å². The summed E-state index contributed by atoms with van der Waals surface area (Å²) in [5, 5.41) is 11.2. The second-order valence-corrected chi connectivity index (χ2v) is 4.01. The summed E-state index contributed by atoms with van der Waals surface area (Å²) in [7, 11) is 0. The van der Waals surface area contributed by atoms with E-state index < -0.39 is 0 Å². The number of nitro groups is 1. The highest BCUT2D eigenvalue weighted by molar-refractivity contribution is 5.77. The smallest absolute Gasteiger partial charge is 0.258 e. The van der Waals surface area contributed by atoms with Crippen molar-refractivity contribution in [1.82, 2.24) is 0 Å². The number of benzene rings is 2. The van der Waals surface area contributed by atoms with Crippen LogP contribution in [0.4, 0.5) is 0 Å². The van der Waals surface area contributed by atoms with Gasteiger partial charge in [0.05, 0.1) is 10.5 Å². The average molecular weight is 239 g/mol. The summed E-state index contributed by atoms with van der Waals surface area (Å²) in [6.45, 7) is 1.94. The van der Waals surface area contributed by atoms with Gasteiger partial charge < -0.3 is 0 Å². The molecule has 0 radical (unpaired) electrons. The van der Waals surface area contributed by atoms with Crippen molar-refractivity contribution in [3.05, 3.63) is 81.4 Å². The lowest BCUT2D eigenvalue weighted by Crippen LogP contribution is -1.98. The second kappa shape index (κ2) is 5.27. The maximum atomic E-state index is 11.2. The lowest BCUT2D eigenvalue weighted by molar-refractivity contribution is -0.374. The summed E-state index contributed by atoms with van der Waals surface area (Å²) < 4.78 is 0. The van der Waals surface area contributed by atoms with E-state index in [4.69, 9.17) is 0 Å². The third kappa shape index (κ3) is 2.63. The molecule has 2 rings (SSSR count). The molecule has 0 aliphatic heterocycles. The van der Waals surface area contributed by atoms with Crippen LogP contribution in [0.3, 0.4) is 0 Å². The molecule has 0 aliphatic rings. The first-order chi connectivity index (χ1) is 8.68. The van der Waals surface area contributed by atoms with Crippen LogP contribution in [-0.4, -0.2) is 4.92 Å². The van der Waals surface area contributed by atoms with E-state index in [1.165, 1.54) is 0 Å². The minimum atomic E-state index is -0.345. The van der Waals surface area contributed by atoms with E-state index >= 15 is 0 Å². The first-order valence-corrected chi connectivity index (χ1v) is 5.65. The Balaban J connectivity index is 2.50. The maximum Gasteiger partial charge on any atom is 0.277 e. The van der Waals surface area contributed by atoms with Crippen molar-refractivity contribution in [3.63, 3.8) is 0 Å². The first kappa shape index (κ1) is 12.0. The van der Waals surface area contributed by atoms with Crippen molar-refractivity contribution in [2.45, 2.75) is 6.92 Å². The Hall–Kier alpha value is -2.42. The molecule has 3 nitrogen and oxygen atoms in total. The molecule has 0 heterocycles. The molecule has 0 aliphatic carbocycles. The summed E-state index contributed by atoms with van der Waals surface area (Å²) in [6, 6.07) is 16.5. The molecule has 2 aromatic carbocycles. The highest BCUT2D eigenvalue weighted by Gasteiger charge is 2.13. The molecule has 0 fully saturated rings. The molecule has 18 heavy (non-hydrogen) atoms. The van der Waals surface area contributed by atoms with Crippen molar-refractivity contribution in [2.75, 3.05) is 0 Å². The van der Waals surface area contributed by atoms with Crippen molar-refractivity contribution in [1.29, 1.82) is 0 Å². The predicted octanol–water partition coefficient (Wildman–Crippen LogP) is 3.77. The molecular formula is C15H13NO2. The molecule has 90 valence electrons. The Morgan fingerprint density at radius 3 is 2.28 bits per heavy atom. The van der Waals surface area contributed by atoms with Crippen LogP contribution < -0.4 is 0 Å². The zero-order valence-corrected chi connectivity index (χ0v) is 10.0. The molecule has 0 amide bonds. The lowest BCUT2D eigenvalue weighted by Gasteiger charge is -2.01. The molecule has 0 spiro atoms. The number of nitrogens with zero attached hydrogens (tertiary/aromatic N) is 1. The molecule has 0 saturated carbocycles. The number of hydrogen-bond donors (Lipinski definition) is 0. The van der Waals surface area contributed by atoms with E-state index in [9.17, 15) is 10.1 Å². The highest BCUT2D eigenvalue weighted by atomic mass is 16.6. The van der Waals surface area contributed by atoms with Gasteiger partial charge in [0.15, 0.2) is 0 Å². The second-order valence-electron chi connectivity index (χ2n) is 4.01. The van der Waals surface area contributed by atoms with Crippen LogP contribution in [0, 0.1) is 17.0 Å². The Bertz CT molecular complexity index is 588. The quantitative estimate of drug-likeness (QED) is 0.465. The molecule has 0 bridgehead atoms. The Labute approximate surface area is 106 Å². The molecular weight excluding hydrogens is 226 g/mol. The molecule has 0 unspecified atom stereocenters. The van der Waals surface area contributed by atoms with Crippen LogP contribution in [0.5, 0.6) is 0 Å². The Morgan fingerprint density at radius 1 is 1.06 bits per heavy atom. The first-order valence-electron chi connectivity index (χ1n) is 5.65.